The minimum Gasteiger partial charge on any atom is -0.386 e. The van der Waals surface area contributed by atoms with E-state index in [9.17, 15) is 4.79 Å². The molecule has 92 valence electrons. The van der Waals surface area contributed by atoms with Crippen LogP contribution < -0.4 is 11.1 Å². The largest absolute Gasteiger partial charge is 0.386 e. The lowest BCUT2D eigenvalue weighted by Crippen LogP contribution is -2.22. The summed E-state index contributed by atoms with van der Waals surface area (Å²) in [5.74, 6) is 0.614. The molecule has 0 saturated heterocycles. The van der Waals surface area contributed by atoms with Crippen LogP contribution in [0, 0.1) is 0 Å². The third-order valence-corrected chi connectivity index (χ3v) is 2.41. The van der Waals surface area contributed by atoms with Gasteiger partial charge in [-0.3, -0.25) is 4.79 Å². The Bertz CT molecular complexity index is 401. The fourth-order valence-corrected chi connectivity index (χ4v) is 1.38. The van der Waals surface area contributed by atoms with E-state index >= 15 is 0 Å². The fraction of sp³-hybridized carbons (Fsp3) is 0.333. The van der Waals surface area contributed by atoms with E-state index < -0.39 is 0 Å². The SMILES string of the molecule is CC(=O)NCCc1ccc(N=C(N)CCl)cc1. The molecule has 1 aromatic rings. The molecule has 0 aliphatic heterocycles. The van der Waals surface area contributed by atoms with Gasteiger partial charge in [-0.05, 0) is 24.1 Å². The maximum Gasteiger partial charge on any atom is 0.216 e. The summed E-state index contributed by atoms with van der Waals surface area (Å²) in [6, 6.07) is 7.68. The number of nitrogens with zero attached hydrogens (tertiary/aromatic N) is 1. The first-order chi connectivity index (χ1) is 8.11. The third-order valence-electron chi connectivity index (χ3n) is 2.13. The summed E-state index contributed by atoms with van der Waals surface area (Å²) >= 11 is 5.54. The van der Waals surface area contributed by atoms with Crippen LogP contribution in [-0.2, 0) is 11.2 Å². The Balaban J connectivity index is 2.53. The van der Waals surface area contributed by atoms with Gasteiger partial charge in [0.05, 0.1) is 11.6 Å². The highest BCUT2D eigenvalue weighted by molar-refractivity contribution is 6.28. The van der Waals surface area contributed by atoms with Crippen LogP contribution in [0.15, 0.2) is 29.3 Å². The molecule has 0 unspecified atom stereocenters. The van der Waals surface area contributed by atoms with Crippen LogP contribution in [0.5, 0.6) is 0 Å². The van der Waals surface area contributed by atoms with E-state index in [2.05, 4.69) is 10.3 Å². The quantitative estimate of drug-likeness (QED) is 0.475. The summed E-state index contributed by atoms with van der Waals surface area (Å²) in [6.07, 6.45) is 0.800. The molecular formula is C12H16ClN3O. The molecule has 0 aliphatic carbocycles. The number of hydrogen-bond acceptors (Lipinski definition) is 2. The van der Waals surface area contributed by atoms with Crippen molar-refractivity contribution < 1.29 is 4.79 Å². The number of nitrogens with two attached hydrogens (primary N) is 1. The summed E-state index contributed by atoms with van der Waals surface area (Å²) in [6.45, 7) is 2.15. The zero-order valence-corrected chi connectivity index (χ0v) is 10.5. The highest BCUT2D eigenvalue weighted by Crippen LogP contribution is 2.13. The summed E-state index contributed by atoms with van der Waals surface area (Å²) in [5, 5.41) is 2.75. The zero-order chi connectivity index (χ0) is 12.7. The van der Waals surface area contributed by atoms with Crippen LogP contribution in [0.4, 0.5) is 5.69 Å². The minimum absolute atomic E-state index is 0.0129. The maximum atomic E-state index is 10.7. The molecule has 0 saturated carbocycles. The van der Waals surface area contributed by atoms with Gasteiger partial charge in [0.15, 0.2) is 0 Å². The van der Waals surface area contributed by atoms with E-state index in [0.717, 1.165) is 17.7 Å². The number of carbonyl (C=O) groups is 1. The Kier molecular flexibility index (Phi) is 5.49. The highest BCUT2D eigenvalue weighted by atomic mass is 35.5. The van der Waals surface area contributed by atoms with Crippen molar-refractivity contribution in [2.75, 3.05) is 12.4 Å². The lowest BCUT2D eigenvalue weighted by molar-refractivity contribution is -0.118. The monoisotopic (exact) mass is 253 g/mol. The number of halogens is 1. The average molecular weight is 254 g/mol. The summed E-state index contributed by atoms with van der Waals surface area (Å²) < 4.78 is 0. The van der Waals surface area contributed by atoms with Crippen LogP contribution in [-0.4, -0.2) is 24.2 Å². The molecule has 1 aromatic carbocycles. The van der Waals surface area contributed by atoms with Gasteiger partial charge in [0.1, 0.15) is 5.84 Å². The van der Waals surface area contributed by atoms with Crippen molar-refractivity contribution in [3.05, 3.63) is 29.8 Å². The number of alkyl halides is 1. The maximum absolute atomic E-state index is 10.7. The van der Waals surface area contributed by atoms with Gasteiger partial charge in [0.2, 0.25) is 5.91 Å². The number of hydrogen-bond donors (Lipinski definition) is 2. The van der Waals surface area contributed by atoms with E-state index in [1.165, 1.54) is 6.92 Å². The first-order valence-electron chi connectivity index (χ1n) is 5.34. The predicted octanol–water partition coefficient (Wildman–Crippen LogP) is 1.59. The van der Waals surface area contributed by atoms with E-state index in [0.29, 0.717) is 12.4 Å². The fourth-order valence-electron chi connectivity index (χ4n) is 1.32. The Labute approximate surface area is 106 Å². The molecule has 0 heterocycles. The Morgan fingerprint density at radius 2 is 2.06 bits per heavy atom. The second kappa shape index (κ2) is 6.91. The highest BCUT2D eigenvalue weighted by Gasteiger charge is 1.96. The summed E-state index contributed by atoms with van der Waals surface area (Å²) in [4.78, 5) is 14.8. The van der Waals surface area contributed by atoms with Crippen LogP contribution in [0.2, 0.25) is 0 Å². The molecule has 5 heteroatoms. The summed E-state index contributed by atoms with van der Waals surface area (Å²) in [5.41, 5.74) is 7.45. The first kappa shape index (κ1) is 13.5. The molecule has 0 aromatic heterocycles. The molecule has 3 N–H and O–H groups in total. The normalized spacial score (nSPS) is 11.3. The molecule has 0 radical (unpaired) electrons. The average Bonchev–Trinajstić information content (AvgIpc) is 2.31. The Hall–Kier alpha value is -1.55. The standard InChI is InChI=1S/C12H16ClN3O/c1-9(17)15-7-6-10-2-4-11(5-3-10)16-12(14)8-13/h2-5H,6-8H2,1H3,(H2,14,16)(H,15,17). The molecule has 1 rings (SSSR count). The van der Waals surface area contributed by atoms with Gasteiger partial charge in [-0.15, -0.1) is 11.6 Å². The van der Waals surface area contributed by atoms with Crippen molar-refractivity contribution in [2.24, 2.45) is 10.7 Å². The van der Waals surface area contributed by atoms with Crippen LogP contribution in [0.25, 0.3) is 0 Å². The smallest absolute Gasteiger partial charge is 0.216 e. The molecule has 4 nitrogen and oxygen atoms in total. The van der Waals surface area contributed by atoms with E-state index in [1.54, 1.807) is 0 Å². The second-order valence-corrected chi connectivity index (χ2v) is 3.90. The van der Waals surface area contributed by atoms with Crippen LogP contribution >= 0.6 is 11.6 Å². The van der Waals surface area contributed by atoms with Crippen LogP contribution in [0.1, 0.15) is 12.5 Å². The summed E-state index contributed by atoms with van der Waals surface area (Å²) in [7, 11) is 0. The topological polar surface area (TPSA) is 67.5 Å². The van der Waals surface area contributed by atoms with Gasteiger partial charge < -0.3 is 11.1 Å². The van der Waals surface area contributed by atoms with Gasteiger partial charge in [-0.2, -0.15) is 0 Å². The molecular weight excluding hydrogens is 238 g/mol. The van der Waals surface area contributed by atoms with Gasteiger partial charge >= 0.3 is 0 Å². The number of benzene rings is 1. The van der Waals surface area contributed by atoms with E-state index in [4.69, 9.17) is 17.3 Å². The van der Waals surface area contributed by atoms with Gasteiger partial charge in [-0.1, -0.05) is 12.1 Å². The van der Waals surface area contributed by atoms with Crippen molar-refractivity contribution in [3.8, 4) is 0 Å². The van der Waals surface area contributed by atoms with Crippen molar-refractivity contribution in [1.29, 1.82) is 0 Å². The number of amidine groups is 1. The molecule has 0 bridgehead atoms. The lowest BCUT2D eigenvalue weighted by Gasteiger charge is -2.03. The van der Waals surface area contributed by atoms with Crippen molar-refractivity contribution >= 4 is 29.0 Å². The van der Waals surface area contributed by atoms with Crippen LogP contribution in [0.3, 0.4) is 0 Å². The number of aliphatic imine (C=N–C) groups is 1. The first-order valence-corrected chi connectivity index (χ1v) is 5.87. The van der Waals surface area contributed by atoms with Crippen molar-refractivity contribution in [1.82, 2.24) is 5.32 Å². The van der Waals surface area contributed by atoms with E-state index in [-0.39, 0.29) is 11.8 Å². The van der Waals surface area contributed by atoms with Gasteiger partial charge in [0.25, 0.3) is 0 Å². The minimum atomic E-state index is -0.0129. The molecule has 1 amide bonds. The lowest BCUT2D eigenvalue weighted by atomic mass is 10.1. The van der Waals surface area contributed by atoms with Gasteiger partial charge in [-0.25, -0.2) is 4.99 Å². The Morgan fingerprint density at radius 1 is 1.41 bits per heavy atom. The number of carbonyl (C=O) groups excluding carboxylic acids is 1. The Morgan fingerprint density at radius 3 is 2.59 bits per heavy atom. The number of nitrogens with one attached hydrogen (secondary N) is 1. The molecule has 0 atom stereocenters. The predicted molar refractivity (Wildman–Crippen MR) is 70.8 cm³/mol. The number of rotatable bonds is 5. The third kappa shape index (κ3) is 5.36. The van der Waals surface area contributed by atoms with E-state index in [1.807, 2.05) is 24.3 Å². The zero-order valence-electron chi connectivity index (χ0n) is 9.74. The van der Waals surface area contributed by atoms with Crippen molar-refractivity contribution in [3.63, 3.8) is 0 Å². The van der Waals surface area contributed by atoms with Gasteiger partial charge in [0, 0.05) is 13.5 Å². The number of amides is 1. The second-order valence-electron chi connectivity index (χ2n) is 3.64. The van der Waals surface area contributed by atoms with Crippen molar-refractivity contribution in [2.45, 2.75) is 13.3 Å². The molecule has 0 fully saturated rings. The molecule has 0 aliphatic rings. The molecule has 0 spiro atoms. The molecule has 17 heavy (non-hydrogen) atoms.